The first-order chi connectivity index (χ1) is 12.9. The molecule has 0 atom stereocenters. The van der Waals surface area contributed by atoms with Crippen LogP contribution in [0.2, 0.25) is 5.02 Å². The van der Waals surface area contributed by atoms with E-state index in [9.17, 15) is 10.1 Å². The zero-order valence-corrected chi connectivity index (χ0v) is 16.5. The standard InChI is InChI=1S/C21H22ClN3O2/c1-13(2)17-7-5-6-14(3)20(17)24-12-15(11-23)21(26)25-18-10-16(22)8-9-19(18)27-4/h5-10,12-13,24H,1-4H3,(H,25,26)/b15-12-. The summed E-state index contributed by atoms with van der Waals surface area (Å²) in [6, 6.07) is 12.8. The van der Waals surface area contributed by atoms with Gasteiger partial charge in [-0.15, -0.1) is 0 Å². The van der Waals surface area contributed by atoms with Gasteiger partial charge in [0, 0.05) is 16.9 Å². The highest BCUT2D eigenvalue weighted by Gasteiger charge is 2.14. The summed E-state index contributed by atoms with van der Waals surface area (Å²) in [6.45, 7) is 6.16. The average Bonchev–Trinajstić information content (AvgIpc) is 2.63. The number of methoxy groups -OCH3 is 1. The third-order valence-corrected chi connectivity index (χ3v) is 4.30. The summed E-state index contributed by atoms with van der Waals surface area (Å²) in [5, 5.41) is 15.6. The fourth-order valence-corrected chi connectivity index (χ4v) is 2.80. The van der Waals surface area contributed by atoms with E-state index in [0.29, 0.717) is 22.4 Å². The summed E-state index contributed by atoms with van der Waals surface area (Å²) in [5.41, 5.74) is 3.38. The lowest BCUT2D eigenvalue weighted by atomic mass is 9.98. The molecule has 0 bridgehead atoms. The van der Waals surface area contributed by atoms with E-state index in [0.717, 1.165) is 16.8 Å². The number of nitrogens with zero attached hydrogens (tertiary/aromatic N) is 1. The lowest BCUT2D eigenvalue weighted by molar-refractivity contribution is -0.112. The Morgan fingerprint density at radius 1 is 1.30 bits per heavy atom. The molecule has 5 nitrogen and oxygen atoms in total. The Labute approximate surface area is 164 Å². The summed E-state index contributed by atoms with van der Waals surface area (Å²) in [6.07, 6.45) is 1.42. The van der Waals surface area contributed by atoms with Gasteiger partial charge in [0.2, 0.25) is 0 Å². The molecule has 0 unspecified atom stereocenters. The number of nitrogens with one attached hydrogen (secondary N) is 2. The maximum Gasteiger partial charge on any atom is 0.267 e. The molecule has 2 N–H and O–H groups in total. The normalized spacial score (nSPS) is 11.1. The van der Waals surface area contributed by atoms with Gasteiger partial charge in [-0.3, -0.25) is 4.79 Å². The van der Waals surface area contributed by atoms with E-state index >= 15 is 0 Å². The fourth-order valence-electron chi connectivity index (χ4n) is 2.63. The van der Waals surface area contributed by atoms with Gasteiger partial charge < -0.3 is 15.4 Å². The second kappa shape index (κ2) is 9.11. The van der Waals surface area contributed by atoms with Crippen molar-refractivity contribution in [2.24, 2.45) is 0 Å². The van der Waals surface area contributed by atoms with Crippen LogP contribution >= 0.6 is 11.6 Å². The van der Waals surface area contributed by atoms with Crippen LogP contribution in [-0.2, 0) is 4.79 Å². The predicted octanol–water partition coefficient (Wildman–Crippen LogP) is 5.24. The Bertz CT molecular complexity index is 914. The first kappa shape index (κ1) is 20.3. The largest absolute Gasteiger partial charge is 0.495 e. The van der Waals surface area contributed by atoms with Gasteiger partial charge in [-0.25, -0.2) is 0 Å². The van der Waals surface area contributed by atoms with Crippen molar-refractivity contribution in [2.75, 3.05) is 17.7 Å². The number of carbonyl (C=O) groups excluding carboxylic acids is 1. The molecular weight excluding hydrogens is 362 g/mol. The number of amides is 1. The molecule has 0 fully saturated rings. The van der Waals surface area contributed by atoms with Crippen molar-refractivity contribution in [1.29, 1.82) is 5.26 Å². The zero-order chi connectivity index (χ0) is 20.0. The lowest BCUT2D eigenvalue weighted by Gasteiger charge is -2.15. The van der Waals surface area contributed by atoms with Crippen LogP contribution in [0.3, 0.4) is 0 Å². The molecule has 0 saturated carbocycles. The molecule has 2 rings (SSSR count). The van der Waals surface area contributed by atoms with Crippen molar-refractivity contribution < 1.29 is 9.53 Å². The van der Waals surface area contributed by atoms with Gasteiger partial charge in [0.1, 0.15) is 17.4 Å². The van der Waals surface area contributed by atoms with Gasteiger partial charge in [0.05, 0.1) is 12.8 Å². The van der Waals surface area contributed by atoms with Gasteiger partial charge in [-0.1, -0.05) is 43.6 Å². The van der Waals surface area contributed by atoms with E-state index in [1.165, 1.54) is 13.3 Å². The smallest absolute Gasteiger partial charge is 0.267 e. The number of anilines is 2. The zero-order valence-electron chi connectivity index (χ0n) is 15.8. The number of ether oxygens (including phenoxy) is 1. The van der Waals surface area contributed by atoms with Gasteiger partial charge in [-0.05, 0) is 42.2 Å². The summed E-state index contributed by atoms with van der Waals surface area (Å²) in [7, 11) is 1.49. The molecule has 2 aromatic rings. The highest BCUT2D eigenvalue weighted by molar-refractivity contribution is 6.31. The van der Waals surface area contributed by atoms with Crippen LogP contribution in [0, 0.1) is 18.3 Å². The Kier molecular flexibility index (Phi) is 6.86. The molecule has 140 valence electrons. The Hall–Kier alpha value is -2.97. The van der Waals surface area contributed by atoms with Crippen molar-refractivity contribution in [3.8, 4) is 11.8 Å². The number of hydrogen-bond acceptors (Lipinski definition) is 4. The molecule has 2 aromatic carbocycles. The van der Waals surface area contributed by atoms with E-state index in [-0.39, 0.29) is 5.57 Å². The SMILES string of the molecule is COc1ccc(Cl)cc1NC(=O)/C(C#N)=C\Nc1c(C)cccc1C(C)C. The Morgan fingerprint density at radius 2 is 2.04 bits per heavy atom. The Balaban J connectivity index is 2.26. The van der Waals surface area contributed by atoms with Gasteiger partial charge in [-0.2, -0.15) is 5.26 Å². The van der Waals surface area contributed by atoms with E-state index < -0.39 is 5.91 Å². The van der Waals surface area contributed by atoms with Crippen LogP contribution in [0.1, 0.15) is 30.9 Å². The van der Waals surface area contributed by atoms with Gasteiger partial charge >= 0.3 is 0 Å². The molecule has 0 aliphatic rings. The van der Waals surface area contributed by atoms with Crippen LogP contribution in [0.5, 0.6) is 5.75 Å². The maximum absolute atomic E-state index is 12.5. The predicted molar refractivity (Wildman–Crippen MR) is 109 cm³/mol. The van der Waals surface area contributed by atoms with Crippen LogP contribution in [-0.4, -0.2) is 13.0 Å². The van der Waals surface area contributed by atoms with Crippen LogP contribution < -0.4 is 15.4 Å². The second-order valence-corrected chi connectivity index (χ2v) is 6.74. The van der Waals surface area contributed by atoms with Gasteiger partial charge in [0.25, 0.3) is 5.91 Å². The minimum atomic E-state index is -0.551. The van der Waals surface area contributed by atoms with Crippen LogP contribution in [0.15, 0.2) is 48.2 Å². The highest BCUT2D eigenvalue weighted by Crippen LogP contribution is 2.29. The summed E-state index contributed by atoms with van der Waals surface area (Å²) < 4.78 is 5.21. The fraction of sp³-hybridized carbons (Fsp3) is 0.238. The van der Waals surface area contributed by atoms with Crippen LogP contribution in [0.25, 0.3) is 0 Å². The Morgan fingerprint density at radius 3 is 2.67 bits per heavy atom. The number of benzene rings is 2. The minimum Gasteiger partial charge on any atom is -0.495 e. The molecule has 27 heavy (non-hydrogen) atoms. The lowest BCUT2D eigenvalue weighted by Crippen LogP contribution is -2.15. The molecule has 0 heterocycles. The number of carbonyl (C=O) groups is 1. The minimum absolute atomic E-state index is 0.0602. The van der Waals surface area contributed by atoms with Crippen molar-refractivity contribution in [1.82, 2.24) is 0 Å². The molecule has 0 aromatic heterocycles. The molecule has 0 saturated heterocycles. The average molecular weight is 384 g/mol. The second-order valence-electron chi connectivity index (χ2n) is 6.31. The molecule has 0 aliphatic heterocycles. The summed E-state index contributed by atoms with van der Waals surface area (Å²) >= 11 is 5.98. The summed E-state index contributed by atoms with van der Waals surface area (Å²) in [4.78, 5) is 12.5. The number of para-hydroxylation sites is 1. The first-order valence-corrected chi connectivity index (χ1v) is 8.86. The van der Waals surface area contributed by atoms with Crippen LogP contribution in [0.4, 0.5) is 11.4 Å². The van der Waals surface area contributed by atoms with E-state index in [1.807, 2.05) is 31.2 Å². The third-order valence-electron chi connectivity index (χ3n) is 4.06. The number of aryl methyl sites for hydroxylation is 1. The van der Waals surface area contributed by atoms with E-state index in [2.05, 4.69) is 24.5 Å². The number of hydrogen-bond donors (Lipinski definition) is 2. The van der Waals surface area contributed by atoms with E-state index in [4.69, 9.17) is 16.3 Å². The molecule has 0 spiro atoms. The summed E-state index contributed by atoms with van der Waals surface area (Å²) in [5.74, 6) is 0.208. The number of nitriles is 1. The number of rotatable bonds is 6. The quantitative estimate of drug-likeness (QED) is 0.528. The number of halogens is 1. The van der Waals surface area contributed by atoms with Crippen molar-refractivity contribution >= 4 is 28.9 Å². The molecular formula is C21H22ClN3O2. The third kappa shape index (κ3) is 5.02. The van der Waals surface area contributed by atoms with E-state index in [1.54, 1.807) is 18.2 Å². The molecule has 1 amide bonds. The monoisotopic (exact) mass is 383 g/mol. The maximum atomic E-state index is 12.5. The van der Waals surface area contributed by atoms with Crippen molar-refractivity contribution in [3.63, 3.8) is 0 Å². The van der Waals surface area contributed by atoms with Gasteiger partial charge in [0.15, 0.2) is 0 Å². The highest BCUT2D eigenvalue weighted by atomic mass is 35.5. The van der Waals surface area contributed by atoms with Crippen molar-refractivity contribution in [2.45, 2.75) is 26.7 Å². The molecule has 0 aliphatic carbocycles. The van der Waals surface area contributed by atoms with Crippen molar-refractivity contribution in [3.05, 3.63) is 64.3 Å². The molecule has 6 heteroatoms. The first-order valence-electron chi connectivity index (χ1n) is 8.48. The molecule has 0 radical (unpaired) electrons. The topological polar surface area (TPSA) is 74.1 Å².